The lowest BCUT2D eigenvalue weighted by atomic mass is 10.0. The van der Waals surface area contributed by atoms with E-state index in [2.05, 4.69) is 33.4 Å². The molecule has 0 radical (unpaired) electrons. The summed E-state index contributed by atoms with van der Waals surface area (Å²) in [5.74, 6) is 0. The van der Waals surface area contributed by atoms with Crippen LogP contribution in [0, 0.1) is 11.3 Å². The number of hydrogen-bond acceptors (Lipinski definition) is 4. The Morgan fingerprint density at radius 2 is 2.07 bits per heavy atom. The largest absolute Gasteiger partial charge is 0.360 e. The minimum atomic E-state index is 0.201. The molecule has 5 rings (SSSR count). The highest BCUT2D eigenvalue weighted by atomic mass is 35.5. The van der Waals surface area contributed by atoms with Crippen LogP contribution in [0.25, 0.3) is 10.9 Å². The van der Waals surface area contributed by atoms with E-state index in [0.717, 1.165) is 40.6 Å². The maximum absolute atomic E-state index is 9.08. The fraction of sp³-hybridized carbons (Fsp3) is 0.286. The molecular formula is C21H21ClN4S. The molecule has 3 aromatic rings. The van der Waals surface area contributed by atoms with E-state index >= 15 is 0 Å². The Kier molecular flexibility index (Phi) is 5.05. The maximum atomic E-state index is 9.08. The SMILES string of the molecule is CC.N#Cc1ccc2c(c1)SC(N1CCc3c([nH]c4ccc(Cl)cc34)C1)N2. The van der Waals surface area contributed by atoms with Crippen molar-refractivity contribution < 1.29 is 0 Å². The zero-order valence-electron chi connectivity index (χ0n) is 15.3. The molecule has 1 unspecified atom stereocenters. The molecule has 0 fully saturated rings. The van der Waals surface area contributed by atoms with Crippen molar-refractivity contribution >= 4 is 40.0 Å². The van der Waals surface area contributed by atoms with Crippen LogP contribution in [0.1, 0.15) is 30.7 Å². The van der Waals surface area contributed by atoms with Gasteiger partial charge in [-0.25, -0.2) is 0 Å². The summed E-state index contributed by atoms with van der Waals surface area (Å²) in [4.78, 5) is 7.15. The second-order valence-corrected chi connectivity index (χ2v) is 7.99. The zero-order valence-corrected chi connectivity index (χ0v) is 16.9. The molecule has 6 heteroatoms. The van der Waals surface area contributed by atoms with Crippen LogP contribution in [0.15, 0.2) is 41.3 Å². The van der Waals surface area contributed by atoms with Crippen LogP contribution in [-0.2, 0) is 13.0 Å². The minimum Gasteiger partial charge on any atom is -0.360 e. The Morgan fingerprint density at radius 3 is 2.89 bits per heavy atom. The van der Waals surface area contributed by atoms with Crippen molar-refractivity contribution in [1.82, 2.24) is 9.88 Å². The number of nitriles is 1. The predicted molar refractivity (Wildman–Crippen MR) is 113 cm³/mol. The normalized spacial score (nSPS) is 18.1. The van der Waals surface area contributed by atoms with Crippen LogP contribution in [-0.4, -0.2) is 21.9 Å². The van der Waals surface area contributed by atoms with E-state index < -0.39 is 0 Å². The van der Waals surface area contributed by atoms with Gasteiger partial charge in [0.25, 0.3) is 0 Å². The number of thioether (sulfide) groups is 1. The first-order valence-electron chi connectivity index (χ1n) is 9.21. The molecule has 0 spiro atoms. The number of benzene rings is 2. The second-order valence-electron chi connectivity index (χ2n) is 6.43. The summed E-state index contributed by atoms with van der Waals surface area (Å²) in [5.41, 5.74) is 5.85. The lowest BCUT2D eigenvalue weighted by Gasteiger charge is -2.31. The molecule has 3 heterocycles. The van der Waals surface area contributed by atoms with Gasteiger partial charge < -0.3 is 10.3 Å². The van der Waals surface area contributed by atoms with Crippen LogP contribution < -0.4 is 5.32 Å². The Morgan fingerprint density at radius 1 is 1.22 bits per heavy atom. The van der Waals surface area contributed by atoms with Crippen molar-refractivity contribution in [2.75, 3.05) is 11.9 Å². The third kappa shape index (κ3) is 3.29. The number of halogens is 1. The van der Waals surface area contributed by atoms with Crippen molar-refractivity contribution in [2.45, 2.75) is 37.2 Å². The van der Waals surface area contributed by atoms with E-state index in [-0.39, 0.29) is 5.50 Å². The highest BCUT2D eigenvalue weighted by Crippen LogP contribution is 2.42. The molecule has 2 N–H and O–H groups in total. The lowest BCUT2D eigenvalue weighted by Crippen LogP contribution is -2.40. The summed E-state index contributed by atoms with van der Waals surface area (Å²) in [7, 11) is 0. The second kappa shape index (κ2) is 7.47. The first-order valence-corrected chi connectivity index (χ1v) is 10.5. The highest BCUT2D eigenvalue weighted by Gasteiger charge is 2.31. The number of anilines is 1. The number of fused-ring (bicyclic) bond motifs is 4. The summed E-state index contributed by atoms with van der Waals surface area (Å²) in [6.07, 6.45) is 1.01. The summed E-state index contributed by atoms with van der Waals surface area (Å²) in [6, 6.07) is 14.1. The Balaban J connectivity index is 0.000000872. The van der Waals surface area contributed by atoms with Gasteiger partial charge in [-0.15, -0.1) is 0 Å². The quantitative estimate of drug-likeness (QED) is 0.563. The van der Waals surface area contributed by atoms with Crippen LogP contribution in [0.5, 0.6) is 0 Å². The van der Waals surface area contributed by atoms with E-state index in [4.69, 9.17) is 16.9 Å². The first-order chi connectivity index (χ1) is 13.2. The van der Waals surface area contributed by atoms with Crippen LogP contribution in [0.3, 0.4) is 0 Å². The molecule has 2 aliphatic heterocycles. The van der Waals surface area contributed by atoms with Crippen molar-refractivity contribution in [3.63, 3.8) is 0 Å². The monoisotopic (exact) mass is 396 g/mol. The van der Waals surface area contributed by atoms with Gasteiger partial charge in [-0.3, -0.25) is 4.90 Å². The van der Waals surface area contributed by atoms with E-state index in [1.807, 2.05) is 38.1 Å². The molecule has 1 aromatic heterocycles. The summed E-state index contributed by atoms with van der Waals surface area (Å²) >= 11 is 7.95. The Hall–Kier alpha value is -2.13. The predicted octanol–water partition coefficient (Wildman–Crippen LogP) is 5.58. The fourth-order valence-electron chi connectivity index (χ4n) is 3.69. The fourth-order valence-corrected chi connectivity index (χ4v) is 5.07. The molecule has 0 aliphatic carbocycles. The number of aromatic amines is 1. The number of H-pyrrole nitrogens is 1. The molecule has 1 atom stereocenters. The van der Waals surface area contributed by atoms with Crippen LogP contribution in [0.2, 0.25) is 5.02 Å². The van der Waals surface area contributed by atoms with Gasteiger partial charge in [0.1, 0.15) is 5.50 Å². The van der Waals surface area contributed by atoms with Crippen molar-refractivity contribution in [3.05, 3.63) is 58.2 Å². The van der Waals surface area contributed by atoms with Gasteiger partial charge in [0, 0.05) is 45.3 Å². The van der Waals surface area contributed by atoms with Crippen molar-refractivity contribution in [2.24, 2.45) is 0 Å². The minimum absolute atomic E-state index is 0.201. The molecule has 2 aromatic carbocycles. The van der Waals surface area contributed by atoms with Gasteiger partial charge in [-0.05, 0) is 48.4 Å². The Labute approximate surface area is 168 Å². The first kappa shape index (κ1) is 18.2. The van der Waals surface area contributed by atoms with E-state index in [1.54, 1.807) is 11.8 Å². The molecular weight excluding hydrogens is 376 g/mol. The van der Waals surface area contributed by atoms with Gasteiger partial charge in [0.15, 0.2) is 0 Å². The Bertz CT molecular complexity index is 1040. The van der Waals surface area contributed by atoms with Gasteiger partial charge in [0.2, 0.25) is 0 Å². The molecule has 27 heavy (non-hydrogen) atoms. The van der Waals surface area contributed by atoms with E-state index in [1.165, 1.54) is 16.6 Å². The smallest absolute Gasteiger partial charge is 0.133 e. The van der Waals surface area contributed by atoms with Crippen molar-refractivity contribution in [1.29, 1.82) is 5.26 Å². The molecule has 138 valence electrons. The molecule has 0 saturated heterocycles. The van der Waals surface area contributed by atoms with E-state index in [0.29, 0.717) is 5.56 Å². The third-order valence-corrected chi connectivity index (χ3v) is 6.39. The topological polar surface area (TPSA) is 54.9 Å². The number of nitrogens with one attached hydrogen (secondary N) is 2. The van der Waals surface area contributed by atoms with Crippen LogP contribution in [0.4, 0.5) is 5.69 Å². The van der Waals surface area contributed by atoms with E-state index in [9.17, 15) is 0 Å². The summed E-state index contributed by atoms with van der Waals surface area (Å²) < 4.78 is 0. The number of hydrogen-bond donors (Lipinski definition) is 2. The average molecular weight is 397 g/mol. The highest BCUT2D eigenvalue weighted by molar-refractivity contribution is 8.00. The van der Waals surface area contributed by atoms with Gasteiger partial charge in [0.05, 0.1) is 11.6 Å². The molecule has 4 nitrogen and oxygen atoms in total. The molecule has 0 saturated carbocycles. The zero-order chi connectivity index (χ0) is 19.0. The third-order valence-electron chi connectivity index (χ3n) is 4.93. The van der Waals surface area contributed by atoms with Gasteiger partial charge in [-0.1, -0.05) is 37.2 Å². The average Bonchev–Trinajstić information content (AvgIpc) is 3.29. The van der Waals surface area contributed by atoms with Crippen molar-refractivity contribution in [3.8, 4) is 6.07 Å². The number of rotatable bonds is 1. The standard InChI is InChI=1S/C19H15ClN4S.C2H6/c20-12-2-4-15-14(8-12)13-5-6-24(10-17(13)22-15)19-23-16-3-1-11(9-21)7-18(16)25-19;1-2/h1-4,7-8,19,22-23H,5-6,10H2;1-2H3. The maximum Gasteiger partial charge on any atom is 0.133 e. The number of nitrogens with zero attached hydrogens (tertiary/aromatic N) is 2. The van der Waals surface area contributed by atoms with Crippen LogP contribution >= 0.6 is 23.4 Å². The summed E-state index contributed by atoms with van der Waals surface area (Å²) in [5, 5.41) is 14.7. The number of aromatic nitrogens is 1. The van der Waals surface area contributed by atoms with Gasteiger partial charge in [-0.2, -0.15) is 5.26 Å². The molecule has 2 aliphatic rings. The molecule has 0 amide bonds. The lowest BCUT2D eigenvalue weighted by molar-refractivity contribution is 0.251. The summed E-state index contributed by atoms with van der Waals surface area (Å²) in [6.45, 7) is 5.88. The molecule has 0 bridgehead atoms. The van der Waals surface area contributed by atoms with Gasteiger partial charge >= 0.3 is 0 Å².